The van der Waals surface area contributed by atoms with Crippen molar-refractivity contribution in [2.24, 2.45) is 0 Å². The maximum Gasteiger partial charge on any atom is 0.397 e. The van der Waals surface area contributed by atoms with Crippen LogP contribution in [0.4, 0.5) is 13.2 Å². The van der Waals surface area contributed by atoms with Crippen LogP contribution < -0.4 is 9.47 Å². The summed E-state index contributed by atoms with van der Waals surface area (Å²) in [5, 5.41) is 0. The predicted molar refractivity (Wildman–Crippen MR) is 90.3 cm³/mol. The molecule has 2 aliphatic heterocycles. The lowest BCUT2D eigenvalue weighted by Crippen LogP contribution is -2.50. The fourth-order valence-corrected chi connectivity index (χ4v) is 2.90. The number of hydrogen-bond acceptors (Lipinski definition) is 4. The van der Waals surface area contributed by atoms with Gasteiger partial charge in [0.25, 0.3) is 0 Å². The third-order valence-electron chi connectivity index (χ3n) is 4.28. The molecule has 6 nitrogen and oxygen atoms in total. The van der Waals surface area contributed by atoms with Gasteiger partial charge in [0.1, 0.15) is 19.6 Å². The van der Waals surface area contributed by atoms with Gasteiger partial charge in [-0.25, -0.2) is 0 Å². The van der Waals surface area contributed by atoms with Gasteiger partial charge in [-0.15, -0.1) is 0 Å². The number of alkyl halides is 3. The van der Waals surface area contributed by atoms with Crippen LogP contribution in [-0.2, 0) is 9.59 Å². The Kier molecular flexibility index (Phi) is 5.57. The summed E-state index contributed by atoms with van der Waals surface area (Å²) in [4.78, 5) is 26.5. The summed E-state index contributed by atoms with van der Waals surface area (Å²) < 4.78 is 47.8. The normalized spacial score (nSPS) is 17.3. The number of halogens is 3. The molecule has 27 heavy (non-hydrogen) atoms. The summed E-state index contributed by atoms with van der Waals surface area (Å²) >= 11 is 0. The van der Waals surface area contributed by atoms with E-state index in [4.69, 9.17) is 9.47 Å². The fraction of sp³-hybridized carbons (Fsp3) is 0.444. The van der Waals surface area contributed by atoms with Gasteiger partial charge in [0.2, 0.25) is 11.8 Å². The maximum atomic E-state index is 12.3. The van der Waals surface area contributed by atoms with Gasteiger partial charge in [-0.1, -0.05) is 6.07 Å². The minimum atomic E-state index is -4.52. The van der Waals surface area contributed by atoms with E-state index in [1.807, 2.05) is 0 Å². The van der Waals surface area contributed by atoms with Crippen LogP contribution in [0.15, 0.2) is 24.3 Å². The van der Waals surface area contributed by atoms with Gasteiger partial charge in [0.15, 0.2) is 11.5 Å². The number of piperazine rings is 1. The molecule has 0 atom stereocenters. The number of hydrogen-bond donors (Lipinski definition) is 0. The van der Waals surface area contributed by atoms with Crippen molar-refractivity contribution in [2.45, 2.75) is 12.6 Å². The van der Waals surface area contributed by atoms with Crippen LogP contribution in [0.1, 0.15) is 12.0 Å². The van der Waals surface area contributed by atoms with Crippen molar-refractivity contribution >= 4 is 17.9 Å². The van der Waals surface area contributed by atoms with E-state index in [1.54, 1.807) is 24.3 Å². The van der Waals surface area contributed by atoms with Gasteiger partial charge < -0.3 is 19.3 Å². The largest absolute Gasteiger partial charge is 0.486 e. The van der Waals surface area contributed by atoms with Crippen LogP contribution in [0, 0.1) is 0 Å². The van der Waals surface area contributed by atoms with Gasteiger partial charge in [-0.2, -0.15) is 13.2 Å². The highest BCUT2D eigenvalue weighted by molar-refractivity contribution is 5.92. The summed E-state index contributed by atoms with van der Waals surface area (Å²) in [6.07, 6.45) is -2.94. The lowest BCUT2D eigenvalue weighted by Gasteiger charge is -2.34. The van der Waals surface area contributed by atoms with Gasteiger partial charge in [0, 0.05) is 32.3 Å². The molecule has 0 aromatic heterocycles. The topological polar surface area (TPSA) is 59.1 Å². The molecule has 0 bridgehead atoms. The van der Waals surface area contributed by atoms with E-state index in [9.17, 15) is 22.8 Å². The number of nitrogens with zero attached hydrogens (tertiary/aromatic N) is 2. The van der Waals surface area contributed by atoms with Crippen LogP contribution in [-0.4, -0.2) is 67.2 Å². The molecule has 0 spiro atoms. The van der Waals surface area contributed by atoms with Crippen molar-refractivity contribution in [1.82, 2.24) is 9.80 Å². The Morgan fingerprint density at radius 3 is 2.30 bits per heavy atom. The third kappa shape index (κ3) is 5.15. The van der Waals surface area contributed by atoms with E-state index >= 15 is 0 Å². The van der Waals surface area contributed by atoms with Crippen LogP contribution in [0.5, 0.6) is 11.5 Å². The molecule has 2 aliphatic rings. The van der Waals surface area contributed by atoms with Crippen molar-refractivity contribution < 1.29 is 32.2 Å². The highest BCUT2D eigenvalue weighted by Crippen LogP contribution is 2.31. The van der Waals surface area contributed by atoms with Crippen LogP contribution in [0.2, 0.25) is 0 Å². The molecule has 146 valence electrons. The van der Waals surface area contributed by atoms with Crippen molar-refractivity contribution in [3.8, 4) is 11.5 Å². The Morgan fingerprint density at radius 2 is 1.63 bits per heavy atom. The molecule has 0 unspecified atom stereocenters. The van der Waals surface area contributed by atoms with Gasteiger partial charge >= 0.3 is 6.18 Å². The Balaban J connectivity index is 1.52. The van der Waals surface area contributed by atoms with Gasteiger partial charge in [-0.3, -0.25) is 9.59 Å². The maximum absolute atomic E-state index is 12.3. The van der Waals surface area contributed by atoms with Crippen molar-refractivity contribution in [2.75, 3.05) is 39.4 Å². The highest BCUT2D eigenvalue weighted by Gasteiger charge is 2.34. The molecule has 3 rings (SSSR count). The van der Waals surface area contributed by atoms with Gasteiger partial charge in [0.05, 0.1) is 0 Å². The first-order valence-electron chi connectivity index (χ1n) is 8.53. The standard InChI is InChI=1S/C18H19F3N2O4/c19-18(20,21)12-17(25)23-7-5-22(6-8-23)16(24)4-2-13-1-3-14-15(11-13)27-10-9-26-14/h1-4,11H,5-10,12H2. The molecule has 0 radical (unpaired) electrons. The number of benzene rings is 1. The van der Waals surface area contributed by atoms with E-state index in [0.29, 0.717) is 24.7 Å². The van der Waals surface area contributed by atoms with Crippen LogP contribution in [0.25, 0.3) is 6.08 Å². The Hall–Kier alpha value is -2.71. The molecule has 2 heterocycles. The second-order valence-electron chi connectivity index (χ2n) is 6.23. The zero-order valence-corrected chi connectivity index (χ0v) is 14.5. The summed E-state index contributed by atoms with van der Waals surface area (Å²) in [7, 11) is 0. The molecule has 1 aromatic carbocycles. The molecular weight excluding hydrogens is 365 g/mol. The smallest absolute Gasteiger partial charge is 0.397 e. The molecule has 0 aliphatic carbocycles. The Morgan fingerprint density at radius 1 is 1.00 bits per heavy atom. The monoisotopic (exact) mass is 384 g/mol. The molecular formula is C18H19F3N2O4. The third-order valence-corrected chi connectivity index (χ3v) is 4.28. The Bertz CT molecular complexity index is 741. The van der Waals surface area contributed by atoms with E-state index in [1.165, 1.54) is 11.0 Å². The molecule has 0 N–H and O–H groups in total. The number of fused-ring (bicyclic) bond motifs is 1. The molecule has 1 fully saturated rings. The minimum absolute atomic E-state index is 0.0958. The summed E-state index contributed by atoms with van der Waals surface area (Å²) in [5.74, 6) is 0.0613. The van der Waals surface area contributed by atoms with Gasteiger partial charge in [-0.05, 0) is 23.8 Å². The number of rotatable bonds is 3. The second kappa shape index (κ2) is 7.89. The lowest BCUT2D eigenvalue weighted by atomic mass is 10.1. The molecule has 9 heteroatoms. The van der Waals surface area contributed by atoms with Crippen molar-refractivity contribution in [1.29, 1.82) is 0 Å². The average Bonchev–Trinajstić information content (AvgIpc) is 2.64. The van der Waals surface area contributed by atoms with Crippen LogP contribution >= 0.6 is 0 Å². The summed E-state index contributed by atoms with van der Waals surface area (Å²) in [6, 6.07) is 5.33. The van der Waals surface area contributed by atoms with Crippen molar-refractivity contribution in [3.63, 3.8) is 0 Å². The summed E-state index contributed by atoms with van der Waals surface area (Å²) in [6.45, 7) is 1.56. The predicted octanol–water partition coefficient (Wildman–Crippen LogP) is 2.09. The van der Waals surface area contributed by atoms with E-state index in [-0.39, 0.29) is 32.1 Å². The summed E-state index contributed by atoms with van der Waals surface area (Å²) in [5.41, 5.74) is 0.770. The average molecular weight is 384 g/mol. The lowest BCUT2D eigenvalue weighted by molar-refractivity contribution is -0.163. The molecule has 1 saturated heterocycles. The van der Waals surface area contributed by atoms with E-state index in [2.05, 4.69) is 0 Å². The van der Waals surface area contributed by atoms with Crippen molar-refractivity contribution in [3.05, 3.63) is 29.8 Å². The number of carbonyl (C=O) groups excluding carboxylic acids is 2. The first-order chi connectivity index (χ1) is 12.8. The first kappa shape index (κ1) is 19.1. The second-order valence-corrected chi connectivity index (χ2v) is 6.23. The first-order valence-corrected chi connectivity index (χ1v) is 8.53. The highest BCUT2D eigenvalue weighted by atomic mass is 19.4. The minimum Gasteiger partial charge on any atom is -0.486 e. The molecule has 1 aromatic rings. The van der Waals surface area contributed by atoms with E-state index < -0.39 is 18.5 Å². The quantitative estimate of drug-likeness (QED) is 0.749. The molecule has 2 amide bonds. The number of amides is 2. The SMILES string of the molecule is O=C(C=Cc1ccc2c(c1)OCCO2)N1CCN(C(=O)CC(F)(F)F)CC1. The zero-order valence-electron chi connectivity index (χ0n) is 14.5. The Labute approximate surface area is 154 Å². The van der Waals surface area contributed by atoms with Crippen LogP contribution in [0.3, 0.4) is 0 Å². The fourth-order valence-electron chi connectivity index (χ4n) is 2.90. The molecule has 0 saturated carbocycles. The number of carbonyl (C=O) groups is 2. The zero-order chi connectivity index (χ0) is 19.4. The number of ether oxygens (including phenoxy) is 2. The van der Waals surface area contributed by atoms with E-state index in [0.717, 1.165) is 10.5 Å².